The van der Waals surface area contributed by atoms with Crippen LogP contribution in [-0.4, -0.2) is 48.9 Å². The van der Waals surface area contributed by atoms with Gasteiger partial charge in [-0.25, -0.2) is 0 Å². The van der Waals surface area contributed by atoms with E-state index in [4.69, 9.17) is 0 Å². The fourth-order valence-electron chi connectivity index (χ4n) is 3.99. The van der Waals surface area contributed by atoms with E-state index < -0.39 is 0 Å². The molecule has 0 spiro atoms. The number of aromatic nitrogens is 5. The highest BCUT2D eigenvalue weighted by molar-refractivity contribution is 5.98. The Balaban J connectivity index is 1.19. The predicted octanol–water partition coefficient (Wildman–Crippen LogP) is 3.37. The zero-order chi connectivity index (χ0) is 19.6. The molecule has 1 aromatic carbocycles. The van der Waals surface area contributed by atoms with Crippen molar-refractivity contribution in [3.8, 4) is 11.3 Å². The van der Waals surface area contributed by atoms with Crippen molar-refractivity contribution in [2.75, 3.05) is 13.1 Å². The molecule has 7 heteroatoms. The molecule has 4 heterocycles. The first-order valence-electron chi connectivity index (χ1n) is 9.93. The number of amides is 1. The molecule has 1 aliphatic rings. The van der Waals surface area contributed by atoms with Crippen molar-refractivity contribution in [1.82, 2.24) is 29.9 Å². The van der Waals surface area contributed by atoms with Crippen LogP contribution >= 0.6 is 0 Å². The number of nitrogens with zero attached hydrogens (tertiary/aromatic N) is 5. The Labute approximate surface area is 168 Å². The monoisotopic (exact) mass is 386 g/mol. The number of hydrogen-bond donors (Lipinski definition) is 1. The van der Waals surface area contributed by atoms with E-state index in [1.807, 2.05) is 58.4 Å². The van der Waals surface area contributed by atoms with Crippen molar-refractivity contribution >= 4 is 16.8 Å². The number of carbonyl (C=O) groups excluding carboxylic acids is 1. The Kier molecular flexibility index (Phi) is 4.56. The quantitative estimate of drug-likeness (QED) is 0.583. The number of piperidine rings is 1. The van der Waals surface area contributed by atoms with Gasteiger partial charge >= 0.3 is 0 Å². The summed E-state index contributed by atoms with van der Waals surface area (Å²) in [5, 5.41) is 9.60. The Morgan fingerprint density at radius 1 is 1.17 bits per heavy atom. The van der Waals surface area contributed by atoms with Gasteiger partial charge in [0.2, 0.25) is 0 Å². The third-order valence-electron chi connectivity index (χ3n) is 5.64. The van der Waals surface area contributed by atoms with Crippen molar-refractivity contribution < 1.29 is 4.79 Å². The summed E-state index contributed by atoms with van der Waals surface area (Å²) in [4.78, 5) is 22.1. The van der Waals surface area contributed by atoms with Crippen LogP contribution in [0.5, 0.6) is 0 Å². The Morgan fingerprint density at radius 2 is 2.07 bits per heavy atom. The van der Waals surface area contributed by atoms with Crippen molar-refractivity contribution in [2.45, 2.75) is 19.4 Å². The van der Waals surface area contributed by atoms with Crippen molar-refractivity contribution in [3.63, 3.8) is 0 Å². The van der Waals surface area contributed by atoms with Crippen LogP contribution in [0.3, 0.4) is 0 Å². The summed E-state index contributed by atoms with van der Waals surface area (Å²) >= 11 is 0. The lowest BCUT2D eigenvalue weighted by Gasteiger charge is -2.32. The molecule has 1 saturated heterocycles. The normalized spacial score (nSPS) is 15.1. The molecule has 0 radical (unpaired) electrons. The Bertz CT molecular complexity index is 1120. The van der Waals surface area contributed by atoms with Gasteiger partial charge in [-0.05, 0) is 55.2 Å². The largest absolute Gasteiger partial charge is 0.361 e. The van der Waals surface area contributed by atoms with Gasteiger partial charge in [0.1, 0.15) is 5.69 Å². The molecule has 0 unspecified atom stereocenters. The summed E-state index contributed by atoms with van der Waals surface area (Å²) in [6, 6.07) is 11.7. The van der Waals surface area contributed by atoms with Crippen LogP contribution in [0.2, 0.25) is 0 Å². The summed E-state index contributed by atoms with van der Waals surface area (Å²) in [5.41, 5.74) is 3.62. The molecular formula is C22H22N6O. The third kappa shape index (κ3) is 3.63. The lowest BCUT2D eigenvalue weighted by Crippen LogP contribution is -2.39. The van der Waals surface area contributed by atoms with E-state index in [1.165, 1.54) is 0 Å². The first-order valence-corrected chi connectivity index (χ1v) is 9.93. The van der Waals surface area contributed by atoms with E-state index in [9.17, 15) is 4.79 Å². The van der Waals surface area contributed by atoms with Gasteiger partial charge < -0.3 is 9.88 Å². The maximum atomic E-state index is 12.9. The van der Waals surface area contributed by atoms with Crippen molar-refractivity contribution in [2.24, 2.45) is 5.92 Å². The summed E-state index contributed by atoms with van der Waals surface area (Å²) in [6.07, 6.45) is 9.36. The summed E-state index contributed by atoms with van der Waals surface area (Å²) in [6.45, 7) is 2.38. The Hall–Kier alpha value is -3.48. The Morgan fingerprint density at radius 3 is 2.90 bits per heavy atom. The number of fused-ring (bicyclic) bond motifs is 1. The molecule has 1 amide bonds. The van der Waals surface area contributed by atoms with Crippen LogP contribution < -0.4 is 0 Å². The van der Waals surface area contributed by atoms with Gasteiger partial charge in [0.05, 0.1) is 6.20 Å². The summed E-state index contributed by atoms with van der Waals surface area (Å²) in [7, 11) is 0. The second kappa shape index (κ2) is 7.50. The lowest BCUT2D eigenvalue weighted by atomic mass is 9.96. The van der Waals surface area contributed by atoms with Crippen LogP contribution in [-0.2, 0) is 6.54 Å². The minimum absolute atomic E-state index is 0.117. The molecule has 146 valence electrons. The topological polar surface area (TPSA) is 79.7 Å². The van der Waals surface area contributed by atoms with Gasteiger partial charge in [-0.15, -0.1) is 5.10 Å². The van der Waals surface area contributed by atoms with E-state index in [0.29, 0.717) is 5.92 Å². The zero-order valence-electron chi connectivity index (χ0n) is 16.0. The number of benzene rings is 1. The van der Waals surface area contributed by atoms with E-state index in [0.717, 1.165) is 60.2 Å². The molecule has 29 heavy (non-hydrogen) atoms. The summed E-state index contributed by atoms with van der Waals surface area (Å²) < 4.78 is 1.91. The highest BCUT2D eigenvalue weighted by atomic mass is 16.2. The predicted molar refractivity (Wildman–Crippen MR) is 110 cm³/mol. The highest BCUT2D eigenvalue weighted by Crippen LogP contribution is 2.23. The second-order valence-corrected chi connectivity index (χ2v) is 7.58. The molecule has 3 aromatic heterocycles. The average Bonchev–Trinajstić information content (AvgIpc) is 3.43. The second-order valence-electron chi connectivity index (χ2n) is 7.58. The molecule has 0 aliphatic carbocycles. The number of pyridine rings is 1. The molecule has 7 nitrogen and oxygen atoms in total. The number of carbonyl (C=O) groups is 1. The smallest absolute Gasteiger partial charge is 0.253 e. The molecule has 4 aromatic rings. The number of aromatic amines is 1. The van der Waals surface area contributed by atoms with E-state index in [1.54, 1.807) is 12.4 Å². The third-order valence-corrected chi connectivity index (χ3v) is 5.64. The molecular weight excluding hydrogens is 364 g/mol. The zero-order valence-corrected chi connectivity index (χ0v) is 16.0. The first kappa shape index (κ1) is 17.6. The molecule has 1 aliphatic heterocycles. The molecule has 5 rings (SSSR count). The number of hydrogen-bond acceptors (Lipinski definition) is 4. The van der Waals surface area contributed by atoms with E-state index in [2.05, 4.69) is 20.3 Å². The fourth-order valence-corrected chi connectivity index (χ4v) is 3.99. The van der Waals surface area contributed by atoms with Crippen LogP contribution in [0.25, 0.3) is 22.2 Å². The van der Waals surface area contributed by atoms with Gasteiger partial charge in [0, 0.05) is 60.3 Å². The number of H-pyrrole nitrogens is 1. The molecule has 0 atom stereocenters. The molecule has 1 N–H and O–H groups in total. The summed E-state index contributed by atoms with van der Waals surface area (Å²) in [5.74, 6) is 0.612. The van der Waals surface area contributed by atoms with Crippen LogP contribution in [0.1, 0.15) is 23.2 Å². The maximum Gasteiger partial charge on any atom is 0.253 e. The molecule has 0 bridgehead atoms. The number of nitrogens with one attached hydrogen (secondary N) is 1. The lowest BCUT2D eigenvalue weighted by molar-refractivity contribution is 0.0681. The number of rotatable bonds is 4. The van der Waals surface area contributed by atoms with Gasteiger partial charge in [0.15, 0.2) is 0 Å². The van der Waals surface area contributed by atoms with Gasteiger partial charge in [-0.1, -0.05) is 5.21 Å². The van der Waals surface area contributed by atoms with E-state index in [-0.39, 0.29) is 5.91 Å². The number of likely N-dealkylation sites (tertiary alicyclic amines) is 1. The van der Waals surface area contributed by atoms with Gasteiger partial charge in [0.25, 0.3) is 5.91 Å². The SMILES string of the molecule is O=C(c1ccc2[nH]ccc2c1)N1CCC(Cn2cc(-c3cccnc3)nn2)CC1. The van der Waals surface area contributed by atoms with Crippen molar-refractivity contribution in [1.29, 1.82) is 0 Å². The van der Waals surface area contributed by atoms with Crippen molar-refractivity contribution in [3.05, 3.63) is 66.7 Å². The highest BCUT2D eigenvalue weighted by Gasteiger charge is 2.24. The van der Waals surface area contributed by atoms with Gasteiger partial charge in [-0.3, -0.25) is 14.5 Å². The average molecular weight is 386 g/mol. The van der Waals surface area contributed by atoms with Crippen LogP contribution in [0.15, 0.2) is 61.2 Å². The minimum Gasteiger partial charge on any atom is -0.361 e. The first-order chi connectivity index (χ1) is 14.3. The van der Waals surface area contributed by atoms with Crippen LogP contribution in [0.4, 0.5) is 0 Å². The van der Waals surface area contributed by atoms with E-state index >= 15 is 0 Å². The molecule has 1 fully saturated rings. The maximum absolute atomic E-state index is 12.9. The van der Waals surface area contributed by atoms with Crippen LogP contribution in [0, 0.1) is 5.92 Å². The molecule has 0 saturated carbocycles. The van der Waals surface area contributed by atoms with Gasteiger partial charge in [-0.2, -0.15) is 0 Å². The fraction of sp³-hybridized carbons (Fsp3) is 0.273. The minimum atomic E-state index is 0.117. The standard InChI is InChI=1S/C22H22N6O/c29-22(18-3-4-20-17(12-18)5-9-24-20)27-10-6-16(7-11-27)14-28-15-21(25-26-28)19-2-1-8-23-13-19/h1-5,8-9,12-13,15-16,24H,6-7,10-11,14H2.